The van der Waals surface area contributed by atoms with Crippen LogP contribution in [-0.2, 0) is 0 Å². The Hall–Kier alpha value is -2.44. The van der Waals surface area contributed by atoms with Crippen molar-refractivity contribution >= 4 is 23.2 Å². The third kappa shape index (κ3) is 4.28. The van der Waals surface area contributed by atoms with Crippen LogP contribution in [0.5, 0.6) is 0 Å². The third-order valence-electron chi connectivity index (χ3n) is 3.03. The summed E-state index contributed by atoms with van der Waals surface area (Å²) < 4.78 is 0. The van der Waals surface area contributed by atoms with Gasteiger partial charge in [0.2, 0.25) is 0 Å². The van der Waals surface area contributed by atoms with E-state index in [0.29, 0.717) is 10.6 Å². The van der Waals surface area contributed by atoms with Gasteiger partial charge in [0.15, 0.2) is 0 Å². The van der Waals surface area contributed by atoms with Gasteiger partial charge in [0.05, 0.1) is 12.2 Å². The number of para-hydroxylation sites is 1. The largest absolute Gasteiger partial charge is 0.377 e. The molecule has 0 spiro atoms. The minimum absolute atomic E-state index is 0.183. The van der Waals surface area contributed by atoms with Gasteiger partial charge >= 0.3 is 0 Å². The van der Waals surface area contributed by atoms with Crippen molar-refractivity contribution in [1.82, 2.24) is 5.32 Å². The van der Waals surface area contributed by atoms with Crippen molar-refractivity contribution in [3.8, 4) is 11.8 Å². The molecule has 1 amide bonds. The molecule has 1 N–H and O–H groups in total. The predicted octanol–water partition coefficient (Wildman–Crippen LogP) is 3.19. The van der Waals surface area contributed by atoms with Crippen molar-refractivity contribution < 1.29 is 4.79 Å². The molecule has 0 atom stereocenters. The van der Waals surface area contributed by atoms with E-state index in [1.807, 2.05) is 43.3 Å². The second kappa shape index (κ2) is 7.53. The van der Waals surface area contributed by atoms with Crippen molar-refractivity contribution in [1.29, 1.82) is 0 Å². The van der Waals surface area contributed by atoms with Gasteiger partial charge in [-0.25, -0.2) is 0 Å². The average Bonchev–Trinajstić information content (AvgIpc) is 2.51. The molecule has 22 heavy (non-hydrogen) atoms. The smallest absolute Gasteiger partial charge is 0.252 e. The predicted molar refractivity (Wildman–Crippen MR) is 91.4 cm³/mol. The highest BCUT2D eigenvalue weighted by Crippen LogP contribution is 2.16. The van der Waals surface area contributed by atoms with Crippen LogP contribution < -0.4 is 10.2 Å². The molecule has 0 saturated heterocycles. The maximum absolute atomic E-state index is 11.9. The Labute approximate surface area is 135 Å². The number of nitrogens with zero attached hydrogens (tertiary/aromatic N) is 1. The number of carbonyl (C=O) groups is 1. The molecule has 2 rings (SSSR count). The number of rotatable bonds is 3. The SMILES string of the molecule is CN(C)c1ccccc1C#CCNC(=O)c1cccc(Cl)c1. The lowest BCUT2D eigenvalue weighted by atomic mass is 10.1. The summed E-state index contributed by atoms with van der Waals surface area (Å²) >= 11 is 5.86. The van der Waals surface area contributed by atoms with Crippen molar-refractivity contribution in [2.45, 2.75) is 0 Å². The number of nitrogens with one attached hydrogen (secondary N) is 1. The first-order valence-electron chi connectivity index (χ1n) is 6.87. The summed E-state index contributed by atoms with van der Waals surface area (Å²) in [6.07, 6.45) is 0. The van der Waals surface area contributed by atoms with Crippen LogP contribution in [0.25, 0.3) is 0 Å². The van der Waals surface area contributed by atoms with Gasteiger partial charge in [-0.1, -0.05) is 41.6 Å². The molecule has 2 aromatic rings. The number of hydrogen-bond acceptors (Lipinski definition) is 2. The van der Waals surface area contributed by atoms with E-state index in [0.717, 1.165) is 11.3 Å². The van der Waals surface area contributed by atoms with Gasteiger partial charge in [0.1, 0.15) is 0 Å². The molecular formula is C18H17ClN2O. The van der Waals surface area contributed by atoms with E-state index in [2.05, 4.69) is 17.2 Å². The van der Waals surface area contributed by atoms with Gasteiger partial charge in [0.25, 0.3) is 5.91 Å². The lowest BCUT2D eigenvalue weighted by Crippen LogP contribution is -2.23. The molecule has 0 aliphatic heterocycles. The lowest BCUT2D eigenvalue weighted by molar-refractivity contribution is 0.0958. The number of benzene rings is 2. The van der Waals surface area contributed by atoms with Gasteiger partial charge in [-0.15, -0.1) is 0 Å². The van der Waals surface area contributed by atoms with Crippen LogP contribution >= 0.6 is 11.6 Å². The first-order valence-corrected chi connectivity index (χ1v) is 7.24. The van der Waals surface area contributed by atoms with Gasteiger partial charge in [-0.3, -0.25) is 4.79 Å². The molecule has 0 saturated carbocycles. The summed E-state index contributed by atoms with van der Waals surface area (Å²) in [4.78, 5) is 13.9. The molecule has 0 aromatic heterocycles. The van der Waals surface area contributed by atoms with Crippen LogP contribution in [0, 0.1) is 11.8 Å². The molecule has 0 bridgehead atoms. The van der Waals surface area contributed by atoms with Crippen LogP contribution in [-0.4, -0.2) is 26.5 Å². The molecular weight excluding hydrogens is 296 g/mol. The number of anilines is 1. The zero-order valence-electron chi connectivity index (χ0n) is 12.6. The summed E-state index contributed by atoms with van der Waals surface area (Å²) in [6.45, 7) is 0.285. The van der Waals surface area contributed by atoms with E-state index in [4.69, 9.17) is 11.6 Å². The second-order valence-corrected chi connectivity index (χ2v) is 5.34. The molecule has 0 unspecified atom stereocenters. The first kappa shape index (κ1) is 15.9. The molecule has 0 aliphatic rings. The number of halogens is 1. The van der Waals surface area contributed by atoms with Crippen LogP contribution in [0.3, 0.4) is 0 Å². The fourth-order valence-corrected chi connectivity index (χ4v) is 2.16. The van der Waals surface area contributed by atoms with Crippen molar-refractivity contribution in [3.63, 3.8) is 0 Å². The Morgan fingerprint density at radius 2 is 1.95 bits per heavy atom. The Morgan fingerprint density at radius 3 is 2.68 bits per heavy atom. The van der Waals surface area contributed by atoms with E-state index >= 15 is 0 Å². The standard InChI is InChI=1S/C18H17ClN2O/c1-21(2)17-11-4-3-7-14(17)9-6-12-20-18(22)15-8-5-10-16(19)13-15/h3-5,7-8,10-11,13H,12H2,1-2H3,(H,20,22). The van der Waals surface area contributed by atoms with Crippen LogP contribution in [0.2, 0.25) is 5.02 Å². The van der Waals surface area contributed by atoms with Gasteiger partial charge in [-0.05, 0) is 30.3 Å². The normalized spacial score (nSPS) is 9.59. The summed E-state index contributed by atoms with van der Waals surface area (Å²) in [5, 5.41) is 3.30. The maximum Gasteiger partial charge on any atom is 0.252 e. The van der Waals surface area contributed by atoms with E-state index < -0.39 is 0 Å². The van der Waals surface area contributed by atoms with Crippen molar-refractivity contribution in [3.05, 3.63) is 64.7 Å². The highest BCUT2D eigenvalue weighted by atomic mass is 35.5. The molecule has 2 aromatic carbocycles. The monoisotopic (exact) mass is 312 g/mol. The third-order valence-corrected chi connectivity index (χ3v) is 3.27. The maximum atomic E-state index is 11.9. The molecule has 0 radical (unpaired) electrons. The summed E-state index contributed by atoms with van der Waals surface area (Å²) in [5.74, 6) is 5.87. The highest BCUT2D eigenvalue weighted by molar-refractivity contribution is 6.30. The van der Waals surface area contributed by atoms with E-state index in [1.165, 1.54) is 0 Å². The zero-order valence-corrected chi connectivity index (χ0v) is 13.3. The molecule has 4 heteroatoms. The van der Waals surface area contributed by atoms with Crippen molar-refractivity contribution in [2.24, 2.45) is 0 Å². The zero-order chi connectivity index (χ0) is 15.9. The van der Waals surface area contributed by atoms with Crippen molar-refractivity contribution in [2.75, 3.05) is 25.5 Å². The van der Waals surface area contributed by atoms with E-state index in [9.17, 15) is 4.79 Å². The lowest BCUT2D eigenvalue weighted by Gasteiger charge is -2.13. The number of hydrogen-bond donors (Lipinski definition) is 1. The summed E-state index contributed by atoms with van der Waals surface area (Å²) in [5.41, 5.74) is 2.52. The topological polar surface area (TPSA) is 32.3 Å². The van der Waals surface area contributed by atoms with E-state index in [1.54, 1.807) is 24.3 Å². The van der Waals surface area contributed by atoms with Crippen LogP contribution in [0.1, 0.15) is 15.9 Å². The first-order chi connectivity index (χ1) is 10.6. The Kier molecular flexibility index (Phi) is 5.46. The van der Waals surface area contributed by atoms with Gasteiger partial charge in [0, 0.05) is 30.2 Å². The molecule has 0 fully saturated rings. The average molecular weight is 313 g/mol. The fraction of sp³-hybridized carbons (Fsp3) is 0.167. The minimum atomic E-state index is -0.183. The molecule has 0 heterocycles. The summed E-state index contributed by atoms with van der Waals surface area (Å²) in [7, 11) is 3.95. The fourth-order valence-electron chi connectivity index (χ4n) is 1.96. The summed E-state index contributed by atoms with van der Waals surface area (Å²) in [6, 6.07) is 14.7. The van der Waals surface area contributed by atoms with E-state index in [-0.39, 0.29) is 12.5 Å². The quantitative estimate of drug-likeness (QED) is 0.883. The number of amides is 1. The molecule has 3 nitrogen and oxygen atoms in total. The minimum Gasteiger partial charge on any atom is -0.377 e. The van der Waals surface area contributed by atoms with Gasteiger partial charge < -0.3 is 10.2 Å². The van der Waals surface area contributed by atoms with Gasteiger partial charge in [-0.2, -0.15) is 0 Å². The highest BCUT2D eigenvalue weighted by Gasteiger charge is 2.04. The Bertz CT molecular complexity index is 729. The van der Waals surface area contributed by atoms with Crippen LogP contribution in [0.15, 0.2) is 48.5 Å². The Balaban J connectivity index is 1.99. The molecule has 112 valence electrons. The Morgan fingerprint density at radius 1 is 1.18 bits per heavy atom. The molecule has 0 aliphatic carbocycles. The second-order valence-electron chi connectivity index (χ2n) is 4.91. The number of carbonyl (C=O) groups excluding carboxylic acids is 1. The van der Waals surface area contributed by atoms with Crippen LogP contribution in [0.4, 0.5) is 5.69 Å².